The fourth-order valence-electron chi connectivity index (χ4n) is 10.5. The molecular formula is C91H148O16P2. The van der Waals surface area contributed by atoms with Gasteiger partial charge in [0.25, 0.3) is 0 Å². The van der Waals surface area contributed by atoms with E-state index in [1.54, 1.807) is 0 Å². The van der Waals surface area contributed by atoms with Crippen molar-refractivity contribution in [2.24, 2.45) is 0 Å². The summed E-state index contributed by atoms with van der Waals surface area (Å²) in [5, 5.41) is 20.7. The first-order valence-corrected chi connectivity index (χ1v) is 44.7. The molecule has 0 aromatic heterocycles. The zero-order valence-corrected chi connectivity index (χ0v) is 69.4. The highest BCUT2D eigenvalue weighted by atomic mass is 31.2. The van der Waals surface area contributed by atoms with Crippen LogP contribution >= 0.6 is 15.6 Å². The van der Waals surface area contributed by atoms with E-state index in [1.807, 2.05) is 18.2 Å². The van der Waals surface area contributed by atoms with Crippen LogP contribution in [0.4, 0.5) is 0 Å². The van der Waals surface area contributed by atoms with Gasteiger partial charge in [-0.3, -0.25) is 32.5 Å². The SMILES string of the molecule is CC/C=C\C/C=C\C/C=C\C/C=C\C/C=C\C/C=C\CCCCCCCCCCCCC(=O)OCC(O)COP(=O)(O)OCC(O)COP(=O)(O)OCC(COC(=O)CCCCCCCCCCC/C=C\C/C=C\C/C=C\C/C=C\CCCCC)OC(=O)CC/C=C\C/C=C\C/C=C\C/C=C\C/C=C\C/C=C\CC. The molecule has 0 spiro atoms. The van der Waals surface area contributed by atoms with Crippen LogP contribution in [0, 0.1) is 0 Å². The molecule has 618 valence electrons. The lowest BCUT2D eigenvalue weighted by Gasteiger charge is -2.21. The van der Waals surface area contributed by atoms with Crippen molar-refractivity contribution in [2.75, 3.05) is 39.6 Å². The quantitative estimate of drug-likeness (QED) is 0.0146. The number of allylic oxidation sites excluding steroid dienone is 32. The Balaban J connectivity index is 4.68. The van der Waals surface area contributed by atoms with Gasteiger partial charge in [-0.15, -0.1) is 0 Å². The molecule has 0 aliphatic heterocycles. The van der Waals surface area contributed by atoms with E-state index in [1.165, 1.54) is 83.5 Å². The molecule has 4 N–H and O–H groups in total. The topological polar surface area (TPSA) is 231 Å². The number of aliphatic hydroxyl groups is 2. The Labute approximate surface area is 661 Å². The number of unbranched alkanes of at least 4 members (excludes halogenated alkanes) is 22. The highest BCUT2D eigenvalue weighted by Crippen LogP contribution is 2.45. The van der Waals surface area contributed by atoms with Gasteiger partial charge in [0.1, 0.15) is 25.4 Å². The molecular weight excluding hydrogens is 1410 g/mol. The van der Waals surface area contributed by atoms with Gasteiger partial charge in [-0.05, 0) is 154 Å². The summed E-state index contributed by atoms with van der Waals surface area (Å²) in [6, 6.07) is 0. The standard InChI is InChI=1S/C91H148O16P2/c1-4-7-10-13-16-19-22-25-28-31-34-36-38-40-41-42-43-45-47-48-51-53-56-59-62-65-68-71-74-77-89(94)101-80-86(92)81-103-108(97,98)104-82-87(93)83-105-109(99,100)106-85-88(107-91(96)79-76-73-70-67-64-61-58-55-50-33-30-27-24-21-18-15-12-9-6-3)84-102-90(95)78-75-72-69-66-63-60-57-54-52-49-46-44-39-37-35-32-29-26-23-20-17-14-11-8-5-2/h7,9-10,12,16-21,25-30,34-37,40-41,43-46,50,55,61,64,70,73,86-88,92-93H,4-6,8,11,13-15,22-24,31-33,38-39,42,47-49,51-54,56-60,62-63,65-69,71-72,74-85H2,1-3H3,(H,97,98)(H,99,100)/b10-7-,12-9-,19-16-,20-17-,21-18-,28-25-,29-26-,30-27-,36-34-,37-35-,41-40-,45-43-,46-44-,55-50-,64-61-,73-70-. The Morgan fingerprint density at radius 1 is 0.266 bits per heavy atom. The van der Waals surface area contributed by atoms with Crippen LogP contribution in [0.15, 0.2) is 194 Å². The highest BCUT2D eigenvalue weighted by Gasteiger charge is 2.29. The van der Waals surface area contributed by atoms with Gasteiger partial charge in [0.2, 0.25) is 0 Å². The fourth-order valence-corrected chi connectivity index (χ4v) is 12.1. The van der Waals surface area contributed by atoms with Crippen molar-refractivity contribution in [1.82, 2.24) is 0 Å². The second kappa shape index (κ2) is 81.9. The van der Waals surface area contributed by atoms with Crippen molar-refractivity contribution in [3.8, 4) is 0 Å². The molecule has 0 radical (unpaired) electrons. The summed E-state index contributed by atoms with van der Waals surface area (Å²) in [6.45, 7) is 2.32. The first kappa shape index (κ1) is 103. The molecule has 0 saturated heterocycles. The van der Waals surface area contributed by atoms with Crippen LogP contribution in [-0.2, 0) is 55.8 Å². The Kier molecular flexibility index (Phi) is 77.7. The van der Waals surface area contributed by atoms with Crippen molar-refractivity contribution in [3.63, 3.8) is 0 Å². The van der Waals surface area contributed by atoms with Crippen LogP contribution in [0.1, 0.15) is 303 Å². The predicted octanol–water partition coefficient (Wildman–Crippen LogP) is 25.1. The minimum atomic E-state index is -4.97. The molecule has 16 nitrogen and oxygen atoms in total. The molecule has 0 amide bonds. The van der Waals surface area contributed by atoms with Crippen LogP contribution < -0.4 is 0 Å². The van der Waals surface area contributed by atoms with Gasteiger partial charge in [0.05, 0.1) is 26.4 Å². The van der Waals surface area contributed by atoms with Crippen molar-refractivity contribution < 1.29 is 75.8 Å². The average Bonchev–Trinajstić information content (AvgIpc) is 0.902. The summed E-state index contributed by atoms with van der Waals surface area (Å²) in [5.41, 5.74) is 0. The third-order valence-corrected chi connectivity index (χ3v) is 18.7. The summed E-state index contributed by atoms with van der Waals surface area (Å²) >= 11 is 0. The number of aliphatic hydroxyl groups excluding tert-OH is 2. The molecule has 0 aliphatic carbocycles. The van der Waals surface area contributed by atoms with Gasteiger partial charge in [0, 0.05) is 19.3 Å². The van der Waals surface area contributed by atoms with Crippen LogP contribution in [-0.4, -0.2) is 95.9 Å². The first-order chi connectivity index (χ1) is 53.2. The lowest BCUT2D eigenvalue weighted by atomic mass is 10.1. The number of hydrogen-bond acceptors (Lipinski definition) is 14. The zero-order valence-electron chi connectivity index (χ0n) is 67.6. The maximum Gasteiger partial charge on any atom is 0.472 e. The normalized spacial score (nSPS) is 14.9. The van der Waals surface area contributed by atoms with Gasteiger partial charge >= 0.3 is 33.6 Å². The summed E-state index contributed by atoms with van der Waals surface area (Å²) in [7, 11) is -9.84. The van der Waals surface area contributed by atoms with E-state index >= 15 is 0 Å². The minimum absolute atomic E-state index is 0.0289. The second-order valence-corrected chi connectivity index (χ2v) is 30.1. The van der Waals surface area contributed by atoms with Gasteiger partial charge in [-0.2, -0.15) is 0 Å². The molecule has 5 atom stereocenters. The van der Waals surface area contributed by atoms with Crippen molar-refractivity contribution in [2.45, 2.75) is 322 Å². The summed E-state index contributed by atoms with van der Waals surface area (Å²) < 4.78 is 61.2. The van der Waals surface area contributed by atoms with E-state index in [0.717, 1.165) is 154 Å². The van der Waals surface area contributed by atoms with Crippen LogP contribution in [0.3, 0.4) is 0 Å². The number of hydrogen-bond donors (Lipinski definition) is 4. The van der Waals surface area contributed by atoms with E-state index in [4.69, 9.17) is 32.3 Å². The van der Waals surface area contributed by atoms with Crippen molar-refractivity contribution in [1.29, 1.82) is 0 Å². The van der Waals surface area contributed by atoms with E-state index in [9.17, 15) is 43.5 Å². The lowest BCUT2D eigenvalue weighted by Crippen LogP contribution is -2.29. The van der Waals surface area contributed by atoms with Crippen LogP contribution in [0.2, 0.25) is 0 Å². The molecule has 0 aromatic carbocycles. The maximum absolute atomic E-state index is 13.0. The predicted molar refractivity (Wildman–Crippen MR) is 454 cm³/mol. The molecule has 0 heterocycles. The molecule has 0 bridgehead atoms. The number of phosphoric acid groups is 2. The summed E-state index contributed by atoms with van der Waals surface area (Å²) in [6.07, 6.45) is 108. The van der Waals surface area contributed by atoms with E-state index in [2.05, 4.69) is 197 Å². The molecule has 0 aromatic rings. The number of ether oxygens (including phenoxy) is 3. The highest BCUT2D eigenvalue weighted by molar-refractivity contribution is 7.47. The monoisotopic (exact) mass is 1560 g/mol. The fraction of sp³-hybridized carbons (Fsp3) is 0.615. The van der Waals surface area contributed by atoms with Gasteiger partial charge in [0.15, 0.2) is 6.10 Å². The molecule has 0 saturated carbocycles. The Morgan fingerprint density at radius 3 is 0.807 bits per heavy atom. The van der Waals surface area contributed by atoms with Gasteiger partial charge < -0.3 is 34.2 Å². The van der Waals surface area contributed by atoms with Crippen LogP contribution in [0.25, 0.3) is 0 Å². The van der Waals surface area contributed by atoms with E-state index < -0.39 is 91.5 Å². The molecule has 5 unspecified atom stereocenters. The van der Waals surface area contributed by atoms with E-state index in [-0.39, 0.29) is 19.3 Å². The third kappa shape index (κ3) is 83.2. The Bertz CT molecular complexity index is 2760. The number of carbonyl (C=O) groups excluding carboxylic acids is 3. The van der Waals surface area contributed by atoms with Gasteiger partial charge in [-0.1, -0.05) is 324 Å². The third-order valence-electron chi connectivity index (χ3n) is 16.8. The van der Waals surface area contributed by atoms with E-state index in [0.29, 0.717) is 25.7 Å². The molecule has 0 aliphatic rings. The smallest absolute Gasteiger partial charge is 0.463 e. The van der Waals surface area contributed by atoms with Crippen molar-refractivity contribution in [3.05, 3.63) is 194 Å². The number of esters is 3. The second-order valence-electron chi connectivity index (χ2n) is 27.2. The molecule has 0 rings (SSSR count). The Hall–Kier alpha value is -5.61. The lowest BCUT2D eigenvalue weighted by molar-refractivity contribution is -0.161. The molecule has 109 heavy (non-hydrogen) atoms. The molecule has 0 fully saturated rings. The first-order valence-electron chi connectivity index (χ1n) is 41.7. The van der Waals surface area contributed by atoms with Gasteiger partial charge in [-0.25, -0.2) is 9.13 Å². The number of rotatable bonds is 77. The van der Waals surface area contributed by atoms with Crippen LogP contribution in [0.5, 0.6) is 0 Å². The average molecular weight is 1560 g/mol. The summed E-state index contributed by atoms with van der Waals surface area (Å²) in [5.74, 6) is -1.69. The summed E-state index contributed by atoms with van der Waals surface area (Å²) in [4.78, 5) is 58.8. The zero-order chi connectivity index (χ0) is 79.4. The molecule has 18 heteroatoms. The maximum atomic E-state index is 13.0. The Morgan fingerprint density at radius 2 is 0.505 bits per heavy atom. The largest absolute Gasteiger partial charge is 0.472 e. The minimum Gasteiger partial charge on any atom is -0.463 e. The van der Waals surface area contributed by atoms with Crippen molar-refractivity contribution >= 4 is 33.6 Å². The number of carbonyl (C=O) groups is 3. The number of phosphoric ester groups is 2.